The van der Waals surface area contributed by atoms with Crippen molar-refractivity contribution >= 4 is 62.3 Å². The van der Waals surface area contributed by atoms with Crippen LogP contribution in [0.5, 0.6) is 0 Å². The van der Waals surface area contributed by atoms with E-state index in [1.807, 2.05) is 6.92 Å². The number of anilines is 1. The summed E-state index contributed by atoms with van der Waals surface area (Å²) in [5.41, 5.74) is 0.958. The molecule has 7 nitrogen and oxygen atoms in total. The number of hydrogen-bond acceptors (Lipinski definition) is 4. The van der Waals surface area contributed by atoms with Crippen LogP contribution in [-0.2, 0) is 26.2 Å². The lowest BCUT2D eigenvalue weighted by molar-refractivity contribution is -0.140. The molecule has 0 aliphatic heterocycles. The molecule has 11 heteroatoms. The summed E-state index contributed by atoms with van der Waals surface area (Å²) in [6.07, 6.45) is 3.10. The zero-order valence-electron chi connectivity index (χ0n) is 20.6. The molecule has 0 aromatic heterocycles. The number of benzene rings is 2. The highest BCUT2D eigenvalue weighted by Gasteiger charge is 2.27. The third kappa shape index (κ3) is 8.83. The highest BCUT2D eigenvalue weighted by molar-refractivity contribution is 7.92. The topological polar surface area (TPSA) is 86.8 Å². The second-order valence-electron chi connectivity index (χ2n) is 8.46. The number of nitrogens with zero attached hydrogens (tertiary/aromatic N) is 2. The maximum absolute atomic E-state index is 13.3. The van der Waals surface area contributed by atoms with Crippen LogP contribution in [0.15, 0.2) is 42.5 Å². The fourth-order valence-corrected chi connectivity index (χ4v) is 5.27. The average molecular weight is 577 g/mol. The minimum absolute atomic E-state index is 0.0151. The van der Waals surface area contributed by atoms with Crippen LogP contribution in [0.3, 0.4) is 0 Å². The van der Waals surface area contributed by atoms with Gasteiger partial charge in [-0.25, -0.2) is 8.42 Å². The van der Waals surface area contributed by atoms with E-state index < -0.39 is 16.1 Å². The van der Waals surface area contributed by atoms with Gasteiger partial charge in [-0.3, -0.25) is 13.9 Å². The van der Waals surface area contributed by atoms with E-state index in [-0.39, 0.29) is 37.7 Å². The molecule has 1 unspecified atom stereocenters. The SMILES string of the molecule is CCCCNC(=O)C(C)N(Cc1c(Cl)cccc1Cl)C(=O)CCCN(c1cccc(Cl)c1)S(C)(=O)=O. The lowest BCUT2D eigenvalue weighted by atomic mass is 10.1. The molecule has 1 N–H and O–H groups in total. The Morgan fingerprint density at radius 1 is 1.03 bits per heavy atom. The van der Waals surface area contributed by atoms with E-state index in [9.17, 15) is 18.0 Å². The summed E-state index contributed by atoms with van der Waals surface area (Å²) in [6.45, 7) is 4.30. The Morgan fingerprint density at radius 3 is 2.25 bits per heavy atom. The minimum Gasteiger partial charge on any atom is -0.354 e. The van der Waals surface area contributed by atoms with Gasteiger partial charge in [-0.15, -0.1) is 0 Å². The summed E-state index contributed by atoms with van der Waals surface area (Å²) >= 11 is 18.7. The van der Waals surface area contributed by atoms with Gasteiger partial charge < -0.3 is 10.2 Å². The van der Waals surface area contributed by atoms with E-state index in [1.165, 1.54) is 9.21 Å². The Balaban J connectivity index is 2.20. The van der Waals surface area contributed by atoms with E-state index >= 15 is 0 Å². The van der Waals surface area contributed by atoms with E-state index in [0.29, 0.717) is 32.9 Å². The molecule has 0 heterocycles. The van der Waals surface area contributed by atoms with Crippen LogP contribution < -0.4 is 9.62 Å². The van der Waals surface area contributed by atoms with E-state index in [0.717, 1.165) is 19.1 Å². The van der Waals surface area contributed by atoms with Crippen LogP contribution in [-0.4, -0.2) is 50.5 Å². The van der Waals surface area contributed by atoms with Gasteiger partial charge in [-0.2, -0.15) is 0 Å². The minimum atomic E-state index is -3.60. The van der Waals surface area contributed by atoms with Crippen LogP contribution in [0.1, 0.15) is 45.1 Å². The number of carbonyl (C=O) groups excluding carboxylic acids is 2. The highest BCUT2D eigenvalue weighted by Crippen LogP contribution is 2.27. The zero-order chi connectivity index (χ0) is 26.9. The molecule has 1 atom stereocenters. The van der Waals surface area contributed by atoms with Gasteiger partial charge in [0, 0.05) is 46.7 Å². The third-order valence-corrected chi connectivity index (χ3v) is 7.77. The summed E-state index contributed by atoms with van der Waals surface area (Å²) in [5.74, 6) is -0.597. The molecule has 198 valence electrons. The van der Waals surface area contributed by atoms with Crippen LogP contribution in [0, 0.1) is 0 Å². The van der Waals surface area contributed by atoms with Crippen molar-refractivity contribution in [3.8, 4) is 0 Å². The van der Waals surface area contributed by atoms with Gasteiger partial charge in [0.1, 0.15) is 6.04 Å². The van der Waals surface area contributed by atoms with Crippen molar-refractivity contribution in [2.24, 2.45) is 0 Å². The van der Waals surface area contributed by atoms with E-state index in [2.05, 4.69) is 5.32 Å². The number of unbranched alkanes of at least 4 members (excludes halogenated alkanes) is 1. The molecular formula is C25H32Cl3N3O4S. The van der Waals surface area contributed by atoms with Crippen LogP contribution in [0.25, 0.3) is 0 Å². The fourth-order valence-electron chi connectivity index (χ4n) is 3.61. The maximum Gasteiger partial charge on any atom is 0.242 e. The fraction of sp³-hybridized carbons (Fsp3) is 0.440. The van der Waals surface area contributed by atoms with Gasteiger partial charge in [0.05, 0.1) is 11.9 Å². The normalized spacial score (nSPS) is 12.2. The molecule has 2 amide bonds. The summed E-state index contributed by atoms with van der Waals surface area (Å²) in [4.78, 5) is 27.6. The molecular weight excluding hydrogens is 545 g/mol. The first-order valence-electron chi connectivity index (χ1n) is 11.7. The summed E-state index contributed by atoms with van der Waals surface area (Å²) in [7, 11) is -3.60. The molecule has 0 bridgehead atoms. The molecule has 0 aliphatic carbocycles. The summed E-state index contributed by atoms with van der Waals surface area (Å²) in [5, 5.41) is 4.04. The van der Waals surface area contributed by atoms with Crippen molar-refractivity contribution < 1.29 is 18.0 Å². The van der Waals surface area contributed by atoms with Crippen LogP contribution in [0.4, 0.5) is 5.69 Å². The molecule has 0 aliphatic rings. The first kappa shape index (κ1) is 30.2. The number of halogens is 3. The lowest BCUT2D eigenvalue weighted by Gasteiger charge is -2.30. The van der Waals surface area contributed by atoms with Gasteiger partial charge in [-0.05, 0) is 50.1 Å². The molecule has 0 spiro atoms. The Hall–Kier alpha value is -2.00. The van der Waals surface area contributed by atoms with Crippen molar-refractivity contribution in [1.82, 2.24) is 10.2 Å². The average Bonchev–Trinajstić information content (AvgIpc) is 2.80. The Bertz CT molecular complexity index is 1140. The van der Waals surface area contributed by atoms with Gasteiger partial charge in [0.25, 0.3) is 0 Å². The van der Waals surface area contributed by atoms with Crippen molar-refractivity contribution in [1.29, 1.82) is 0 Å². The maximum atomic E-state index is 13.3. The highest BCUT2D eigenvalue weighted by atomic mass is 35.5. The Labute approximate surface area is 228 Å². The molecule has 0 radical (unpaired) electrons. The molecule has 36 heavy (non-hydrogen) atoms. The van der Waals surface area contributed by atoms with Crippen molar-refractivity contribution in [2.75, 3.05) is 23.7 Å². The van der Waals surface area contributed by atoms with Crippen LogP contribution >= 0.6 is 34.8 Å². The quantitative estimate of drug-likeness (QED) is 0.318. The molecule has 2 aromatic rings. The van der Waals surface area contributed by atoms with Gasteiger partial charge in [0.2, 0.25) is 21.8 Å². The van der Waals surface area contributed by atoms with Gasteiger partial charge >= 0.3 is 0 Å². The Kier molecular flexibility index (Phi) is 11.8. The van der Waals surface area contributed by atoms with Crippen molar-refractivity contribution in [3.63, 3.8) is 0 Å². The van der Waals surface area contributed by atoms with Crippen molar-refractivity contribution in [3.05, 3.63) is 63.1 Å². The summed E-state index contributed by atoms with van der Waals surface area (Å²) in [6, 6.07) is 10.8. The standard InChI is InChI=1S/C25H32Cl3N3O4S/c1-4-5-14-29-25(33)18(2)30(17-21-22(27)11-7-12-23(21)28)24(32)13-8-15-31(36(3,34)35)20-10-6-9-19(26)16-20/h6-7,9-12,16,18H,4-5,8,13-15,17H2,1-3H3,(H,29,33). The number of rotatable bonds is 13. The van der Waals surface area contributed by atoms with Gasteiger partial charge in [-0.1, -0.05) is 60.3 Å². The lowest BCUT2D eigenvalue weighted by Crippen LogP contribution is -2.48. The van der Waals surface area contributed by atoms with E-state index in [4.69, 9.17) is 34.8 Å². The smallest absolute Gasteiger partial charge is 0.242 e. The predicted octanol–water partition coefficient (Wildman–Crippen LogP) is 5.53. The Morgan fingerprint density at radius 2 is 1.67 bits per heavy atom. The number of hydrogen-bond donors (Lipinski definition) is 1. The second kappa shape index (κ2) is 14.1. The monoisotopic (exact) mass is 575 g/mol. The first-order chi connectivity index (χ1) is 17.0. The predicted molar refractivity (Wildman–Crippen MR) is 147 cm³/mol. The number of carbonyl (C=O) groups is 2. The second-order valence-corrected chi connectivity index (χ2v) is 11.6. The van der Waals surface area contributed by atoms with Gasteiger partial charge in [0.15, 0.2) is 0 Å². The largest absolute Gasteiger partial charge is 0.354 e. The molecule has 0 fully saturated rings. The van der Waals surface area contributed by atoms with Crippen molar-refractivity contribution in [2.45, 2.75) is 52.1 Å². The first-order valence-corrected chi connectivity index (χ1v) is 14.7. The van der Waals surface area contributed by atoms with Crippen LogP contribution in [0.2, 0.25) is 15.1 Å². The number of nitrogens with one attached hydrogen (secondary N) is 1. The summed E-state index contributed by atoms with van der Waals surface area (Å²) < 4.78 is 26.0. The molecule has 2 aromatic carbocycles. The number of sulfonamides is 1. The molecule has 0 saturated carbocycles. The molecule has 0 saturated heterocycles. The van der Waals surface area contributed by atoms with E-state index in [1.54, 1.807) is 49.4 Å². The third-order valence-electron chi connectivity index (χ3n) is 5.64. The number of amides is 2. The molecule has 2 rings (SSSR count). The zero-order valence-corrected chi connectivity index (χ0v) is 23.7.